The minimum Gasteiger partial charge on any atom is -0.309 e. The molecule has 13 aromatic rings. The maximum absolute atomic E-state index is 2.99. The summed E-state index contributed by atoms with van der Waals surface area (Å²) in [5, 5.41) is 12.8. The van der Waals surface area contributed by atoms with Crippen LogP contribution in [0.5, 0.6) is 0 Å². The van der Waals surface area contributed by atoms with E-state index in [-0.39, 0.29) is 0 Å². The van der Waals surface area contributed by atoms with Gasteiger partial charge in [0.1, 0.15) is 0 Å². The third-order valence-electron chi connectivity index (χ3n) is 13.6. The van der Waals surface area contributed by atoms with Crippen LogP contribution in [0, 0.1) is 0 Å². The Morgan fingerprint density at radius 2 is 0.656 bits per heavy atom. The van der Waals surface area contributed by atoms with Gasteiger partial charge in [-0.3, -0.25) is 0 Å². The predicted molar refractivity (Wildman–Crippen MR) is 273 cm³/mol. The van der Waals surface area contributed by atoms with E-state index in [0.29, 0.717) is 0 Å². The molecule has 300 valence electrons. The molecular formula is C60H41N3Si. The molecule has 0 N–H and O–H groups in total. The number of hydrogen-bond donors (Lipinski definition) is 0. The zero-order valence-electron chi connectivity index (χ0n) is 35.0. The van der Waals surface area contributed by atoms with Crippen LogP contribution >= 0.6 is 0 Å². The Morgan fingerprint density at radius 1 is 0.250 bits per heavy atom. The lowest BCUT2D eigenvalue weighted by Crippen LogP contribution is -2.75. The molecule has 0 fully saturated rings. The maximum Gasteiger partial charge on any atom is 0.181 e. The molecule has 4 heteroatoms. The van der Waals surface area contributed by atoms with Crippen molar-refractivity contribution in [1.29, 1.82) is 0 Å². The summed E-state index contributed by atoms with van der Waals surface area (Å²) >= 11 is 0. The van der Waals surface area contributed by atoms with Crippen LogP contribution in [-0.4, -0.2) is 21.8 Å². The molecule has 0 radical (unpaired) electrons. The van der Waals surface area contributed by atoms with Crippen LogP contribution in [0.2, 0.25) is 0 Å². The smallest absolute Gasteiger partial charge is 0.181 e. The summed E-state index contributed by atoms with van der Waals surface area (Å²) in [5.74, 6) is 0. The second-order valence-corrected chi connectivity index (χ2v) is 20.6. The zero-order chi connectivity index (χ0) is 42.2. The summed E-state index contributed by atoms with van der Waals surface area (Å²) < 4.78 is 7.59. The van der Waals surface area contributed by atoms with E-state index in [2.05, 4.69) is 262 Å². The molecule has 3 nitrogen and oxygen atoms in total. The first-order valence-corrected chi connectivity index (χ1v) is 24.1. The topological polar surface area (TPSA) is 14.8 Å². The van der Waals surface area contributed by atoms with Crippen molar-refractivity contribution in [3.05, 3.63) is 249 Å². The van der Waals surface area contributed by atoms with Crippen LogP contribution in [0.15, 0.2) is 249 Å². The highest BCUT2D eigenvalue weighted by atomic mass is 28.3. The first kappa shape index (κ1) is 36.5. The summed E-state index contributed by atoms with van der Waals surface area (Å²) in [6.07, 6.45) is 0. The number of fused-ring (bicyclic) bond motifs is 9. The Morgan fingerprint density at radius 3 is 1.23 bits per heavy atom. The van der Waals surface area contributed by atoms with Crippen molar-refractivity contribution in [2.24, 2.45) is 0 Å². The zero-order valence-corrected chi connectivity index (χ0v) is 36.0. The molecule has 0 unspecified atom stereocenters. The average Bonchev–Trinajstić information content (AvgIpc) is 4.02. The largest absolute Gasteiger partial charge is 0.309 e. The molecule has 3 heterocycles. The Kier molecular flexibility index (Phi) is 8.23. The minimum atomic E-state index is -2.99. The Hall–Kier alpha value is -8.18. The standard InChI is InChI=1S/C60H41N3Si/c1-5-22-42(23-6-1)61-54-38-21-39-55(58(54)50-34-19-40-56(59(50)61)62-51-35-16-13-30-46(51)47-31-14-17-36-52(47)62)63-53-37-18-15-32-48(53)49-33-20-41-57(60(49)63)64(43-24-7-2-8-25-43,44-26-9-3-10-27-44)45-28-11-4-12-29-45/h1-41H. The highest BCUT2D eigenvalue weighted by molar-refractivity contribution is 7.20. The van der Waals surface area contributed by atoms with Gasteiger partial charge in [-0.1, -0.05) is 200 Å². The molecule has 0 saturated carbocycles. The molecular weight excluding hydrogens is 791 g/mol. The molecule has 13 rings (SSSR count). The van der Waals surface area contributed by atoms with Crippen LogP contribution in [0.25, 0.3) is 82.5 Å². The van der Waals surface area contributed by atoms with Crippen molar-refractivity contribution >= 4 is 94.2 Å². The first-order valence-electron chi connectivity index (χ1n) is 22.1. The van der Waals surface area contributed by atoms with Crippen LogP contribution in [0.3, 0.4) is 0 Å². The number of hydrogen-bond acceptors (Lipinski definition) is 0. The molecule has 3 aromatic heterocycles. The van der Waals surface area contributed by atoms with Gasteiger partial charge in [0.15, 0.2) is 8.07 Å². The molecule has 10 aromatic carbocycles. The third kappa shape index (κ3) is 5.15. The second-order valence-electron chi connectivity index (χ2n) is 16.8. The highest BCUT2D eigenvalue weighted by Gasteiger charge is 2.43. The molecule has 0 amide bonds. The molecule has 0 aliphatic carbocycles. The summed E-state index contributed by atoms with van der Waals surface area (Å²) in [4.78, 5) is 0. The quantitative estimate of drug-likeness (QED) is 0.112. The Balaban J connectivity index is 1.22. The molecule has 0 aliphatic rings. The monoisotopic (exact) mass is 831 g/mol. The lowest BCUT2D eigenvalue weighted by molar-refractivity contribution is 1.13. The van der Waals surface area contributed by atoms with Gasteiger partial charge in [-0.05, 0) is 69.3 Å². The summed E-state index contributed by atoms with van der Waals surface area (Å²) in [6.45, 7) is 0. The van der Waals surface area contributed by atoms with Gasteiger partial charge in [-0.2, -0.15) is 0 Å². The molecule has 0 saturated heterocycles. The maximum atomic E-state index is 2.61. The van der Waals surface area contributed by atoms with E-state index in [1.165, 1.54) is 80.6 Å². The molecule has 0 bridgehead atoms. The fourth-order valence-corrected chi connectivity index (χ4v) is 16.0. The van der Waals surface area contributed by atoms with Gasteiger partial charge in [0, 0.05) is 38.0 Å². The van der Waals surface area contributed by atoms with Gasteiger partial charge >= 0.3 is 0 Å². The van der Waals surface area contributed by atoms with E-state index in [1.807, 2.05) is 0 Å². The van der Waals surface area contributed by atoms with Gasteiger partial charge in [-0.15, -0.1) is 0 Å². The van der Waals surface area contributed by atoms with Crippen LogP contribution < -0.4 is 20.7 Å². The van der Waals surface area contributed by atoms with E-state index < -0.39 is 8.07 Å². The van der Waals surface area contributed by atoms with Crippen molar-refractivity contribution in [2.45, 2.75) is 0 Å². The Labute approximate surface area is 372 Å². The van der Waals surface area contributed by atoms with Crippen molar-refractivity contribution in [3.8, 4) is 17.1 Å². The van der Waals surface area contributed by atoms with E-state index >= 15 is 0 Å². The number of nitrogens with zero attached hydrogens (tertiary/aromatic N) is 3. The fraction of sp³-hybridized carbons (Fsp3) is 0. The first-order chi connectivity index (χ1) is 31.8. The molecule has 0 atom stereocenters. The number of para-hydroxylation sites is 6. The van der Waals surface area contributed by atoms with E-state index in [9.17, 15) is 0 Å². The van der Waals surface area contributed by atoms with Crippen LogP contribution in [0.4, 0.5) is 0 Å². The van der Waals surface area contributed by atoms with Crippen molar-refractivity contribution < 1.29 is 0 Å². The third-order valence-corrected chi connectivity index (χ3v) is 18.4. The van der Waals surface area contributed by atoms with Gasteiger partial charge in [0.25, 0.3) is 0 Å². The van der Waals surface area contributed by atoms with E-state index in [1.54, 1.807) is 0 Å². The number of rotatable bonds is 7. The highest BCUT2D eigenvalue weighted by Crippen LogP contribution is 2.43. The summed E-state index contributed by atoms with van der Waals surface area (Å²) in [6, 6.07) is 92.3. The molecule has 0 aliphatic heterocycles. The van der Waals surface area contributed by atoms with Crippen molar-refractivity contribution in [3.63, 3.8) is 0 Å². The summed E-state index contributed by atoms with van der Waals surface area (Å²) in [7, 11) is -2.99. The van der Waals surface area contributed by atoms with Crippen molar-refractivity contribution in [2.75, 3.05) is 0 Å². The number of benzene rings is 10. The van der Waals surface area contributed by atoms with Gasteiger partial charge < -0.3 is 13.7 Å². The summed E-state index contributed by atoms with van der Waals surface area (Å²) in [5.41, 5.74) is 10.6. The van der Waals surface area contributed by atoms with Gasteiger partial charge in [0.05, 0.1) is 44.5 Å². The van der Waals surface area contributed by atoms with E-state index in [0.717, 1.165) is 22.6 Å². The predicted octanol–water partition coefficient (Wildman–Crippen LogP) is 12.4. The van der Waals surface area contributed by atoms with Crippen molar-refractivity contribution in [1.82, 2.24) is 13.7 Å². The van der Waals surface area contributed by atoms with Gasteiger partial charge in [-0.25, -0.2) is 0 Å². The lowest BCUT2D eigenvalue weighted by atomic mass is 10.1. The van der Waals surface area contributed by atoms with Gasteiger partial charge in [0.2, 0.25) is 0 Å². The lowest BCUT2D eigenvalue weighted by Gasteiger charge is -2.35. The number of aromatic nitrogens is 3. The molecule has 0 spiro atoms. The minimum absolute atomic E-state index is 1.12. The van der Waals surface area contributed by atoms with Crippen LogP contribution in [0.1, 0.15) is 0 Å². The normalized spacial score (nSPS) is 12.1. The van der Waals surface area contributed by atoms with E-state index in [4.69, 9.17) is 0 Å². The SMILES string of the molecule is c1ccc(-n2c3cccc(-n4c5ccccc5c5cccc([Si](c6ccccc6)(c6ccccc6)c6ccccc6)c54)c3c3cccc(-n4c5ccccc5c5ccccc54)c32)cc1. The fourth-order valence-electron chi connectivity index (χ4n) is 11.1. The second kappa shape index (κ2) is 14.5. The average molecular weight is 832 g/mol. The van der Waals surface area contributed by atoms with Crippen LogP contribution in [-0.2, 0) is 0 Å². The molecule has 64 heavy (non-hydrogen) atoms. The Bertz CT molecular complexity index is 3730.